The van der Waals surface area contributed by atoms with Gasteiger partial charge in [-0.3, -0.25) is 0 Å². The topological polar surface area (TPSA) is 54.0 Å². The predicted molar refractivity (Wildman–Crippen MR) is 80.2 cm³/mol. The Morgan fingerprint density at radius 3 is 1.75 bits per heavy atom. The zero-order valence-electron chi connectivity index (χ0n) is 13.1. The number of esters is 1. The molecule has 0 aliphatic heterocycles. The summed E-state index contributed by atoms with van der Waals surface area (Å²) in [5.41, 5.74) is -0.544. The molecule has 1 unspecified atom stereocenters. The summed E-state index contributed by atoms with van der Waals surface area (Å²) in [6.07, 6.45) is 3.68. The van der Waals surface area contributed by atoms with E-state index in [0.29, 0.717) is 19.8 Å². The lowest BCUT2D eigenvalue weighted by molar-refractivity contribution is -0.142. The number of hydrogen-bond acceptors (Lipinski definition) is 5. The molecule has 118 valence electrons. The molecule has 6 heteroatoms. The summed E-state index contributed by atoms with van der Waals surface area (Å²) in [4.78, 5) is 11.4. The summed E-state index contributed by atoms with van der Waals surface area (Å²) in [5.74, 6) is -0.491. The molecular weight excluding hydrogens is 276 g/mol. The number of hydrogen-bond donors (Lipinski definition) is 0. The molecule has 0 aromatic carbocycles. The van der Waals surface area contributed by atoms with Crippen LogP contribution >= 0.6 is 0 Å². The molecule has 0 radical (unpaired) electrons. The van der Waals surface area contributed by atoms with Crippen LogP contribution in [-0.4, -0.2) is 40.3 Å². The molecule has 20 heavy (non-hydrogen) atoms. The molecule has 0 amide bonds. The maximum Gasteiger partial charge on any atom is 0.543 e. The Morgan fingerprint density at radius 2 is 1.45 bits per heavy atom. The second kappa shape index (κ2) is 11.0. The van der Waals surface area contributed by atoms with Gasteiger partial charge in [-0.25, -0.2) is 4.79 Å². The van der Waals surface area contributed by atoms with Crippen LogP contribution in [0.2, 0.25) is 0 Å². The first-order valence-electron chi connectivity index (χ1n) is 7.31. The fourth-order valence-corrected chi connectivity index (χ4v) is 4.19. The van der Waals surface area contributed by atoms with Crippen LogP contribution in [0.5, 0.6) is 0 Å². The molecule has 0 aliphatic carbocycles. The molecule has 0 fully saturated rings. The first-order chi connectivity index (χ1) is 9.56. The van der Waals surface area contributed by atoms with Gasteiger partial charge in [-0.15, -0.1) is 0 Å². The average Bonchev–Trinajstić information content (AvgIpc) is 2.46. The Morgan fingerprint density at radius 1 is 1.05 bits per heavy atom. The fraction of sp³-hybridized carbons (Fsp3) is 0.786. The van der Waals surface area contributed by atoms with Gasteiger partial charge in [-0.05, 0) is 26.2 Å². The minimum atomic E-state index is -3.03. The van der Waals surface area contributed by atoms with E-state index in [2.05, 4.69) is 6.58 Å². The van der Waals surface area contributed by atoms with Crippen LogP contribution in [-0.2, 0) is 22.8 Å². The van der Waals surface area contributed by atoms with Gasteiger partial charge >= 0.3 is 14.8 Å². The van der Waals surface area contributed by atoms with Crippen molar-refractivity contribution in [3.63, 3.8) is 0 Å². The van der Waals surface area contributed by atoms with Gasteiger partial charge in [-0.2, -0.15) is 0 Å². The summed E-state index contributed by atoms with van der Waals surface area (Å²) in [5, 5.41) is 0. The summed E-state index contributed by atoms with van der Waals surface area (Å²) in [6, 6.07) is 0. The molecule has 0 saturated heterocycles. The Hall–Kier alpha value is -0.693. The van der Waals surface area contributed by atoms with Crippen LogP contribution in [0.1, 0.15) is 47.0 Å². The van der Waals surface area contributed by atoms with Gasteiger partial charge in [0.15, 0.2) is 5.73 Å². The molecule has 1 atom stereocenters. The van der Waals surface area contributed by atoms with Crippen molar-refractivity contribution in [1.82, 2.24) is 0 Å². The molecule has 0 aliphatic rings. The molecule has 0 aromatic heterocycles. The highest BCUT2D eigenvalue weighted by atomic mass is 28.4. The molecule has 0 rings (SSSR count). The molecular formula is C14H28O5Si. The van der Waals surface area contributed by atoms with E-state index >= 15 is 0 Å². The molecule has 0 saturated carbocycles. The Bertz CT molecular complexity index is 261. The number of carbonyl (C=O) groups excluding carboxylic acids is 1. The van der Waals surface area contributed by atoms with Crippen molar-refractivity contribution >= 4 is 14.8 Å². The molecule has 5 nitrogen and oxygen atoms in total. The van der Waals surface area contributed by atoms with E-state index in [9.17, 15) is 4.79 Å². The van der Waals surface area contributed by atoms with Crippen LogP contribution in [0.4, 0.5) is 0 Å². The number of ether oxygens (including phenoxy) is 1. The molecule has 0 heterocycles. The average molecular weight is 304 g/mol. The lowest BCUT2D eigenvalue weighted by Crippen LogP contribution is -2.57. The van der Waals surface area contributed by atoms with Crippen molar-refractivity contribution in [1.29, 1.82) is 0 Å². The number of rotatable bonds is 12. The lowest BCUT2D eigenvalue weighted by Gasteiger charge is -2.33. The maximum absolute atomic E-state index is 11.4. The normalized spacial score (nSPS) is 13.0. The zero-order valence-corrected chi connectivity index (χ0v) is 14.1. The van der Waals surface area contributed by atoms with Crippen molar-refractivity contribution in [3.8, 4) is 0 Å². The first-order valence-corrected chi connectivity index (χ1v) is 9.11. The van der Waals surface area contributed by atoms with Gasteiger partial charge in [0, 0.05) is 25.9 Å². The van der Waals surface area contributed by atoms with Crippen molar-refractivity contribution in [2.24, 2.45) is 0 Å². The van der Waals surface area contributed by atoms with E-state index in [0.717, 1.165) is 25.3 Å². The molecule has 0 N–H and O–H groups in total. The molecule has 0 spiro atoms. The monoisotopic (exact) mass is 304 g/mol. The summed E-state index contributed by atoms with van der Waals surface area (Å²) >= 11 is 0. The van der Waals surface area contributed by atoms with Crippen LogP contribution < -0.4 is 0 Å². The van der Waals surface area contributed by atoms with E-state index in [4.69, 9.17) is 18.0 Å². The third kappa shape index (κ3) is 6.65. The Labute approximate surface area is 123 Å². The second-order valence-electron chi connectivity index (χ2n) is 4.43. The van der Waals surface area contributed by atoms with Gasteiger partial charge in [0.25, 0.3) is 0 Å². The van der Waals surface area contributed by atoms with Crippen molar-refractivity contribution < 1.29 is 22.8 Å². The number of carbonyl (C=O) groups is 1. The Balaban J connectivity index is 4.98. The fourth-order valence-electron chi connectivity index (χ4n) is 1.50. The van der Waals surface area contributed by atoms with E-state index in [1.165, 1.54) is 0 Å². The third-order valence-corrected chi connectivity index (χ3v) is 5.41. The van der Waals surface area contributed by atoms with Crippen LogP contribution in [0.15, 0.2) is 12.7 Å². The van der Waals surface area contributed by atoms with Crippen LogP contribution in [0, 0.1) is 0 Å². The van der Waals surface area contributed by atoms with Crippen molar-refractivity contribution in [2.45, 2.75) is 52.7 Å². The van der Waals surface area contributed by atoms with Gasteiger partial charge in [0.2, 0.25) is 0 Å². The summed E-state index contributed by atoms with van der Waals surface area (Å²) in [7, 11) is -3.03. The third-order valence-electron chi connectivity index (χ3n) is 2.48. The molecule has 0 aromatic rings. The second-order valence-corrected chi connectivity index (χ2v) is 7.32. The molecule has 0 bridgehead atoms. The van der Waals surface area contributed by atoms with E-state index in [-0.39, 0.29) is 0 Å². The minimum absolute atomic E-state index is 0.491. The highest BCUT2D eigenvalue weighted by molar-refractivity contribution is 6.62. The zero-order chi connectivity index (χ0) is 15.4. The lowest BCUT2D eigenvalue weighted by atomic mass is 10.5. The van der Waals surface area contributed by atoms with Gasteiger partial charge in [0.05, 0.1) is 0 Å². The maximum atomic E-state index is 11.4. The Kier molecular flexibility index (Phi) is 10.6. The summed E-state index contributed by atoms with van der Waals surface area (Å²) < 4.78 is 22.9. The van der Waals surface area contributed by atoms with Crippen LogP contribution in [0.25, 0.3) is 0 Å². The standard InChI is InChI=1S/C14H28O5Si/c1-6-10-16-20(17-11-7-2,18-12-8-3)13(5)19-14(15)9-4/h9,13H,4,6-8,10-12H2,1-3,5H3. The van der Waals surface area contributed by atoms with E-state index in [1.54, 1.807) is 6.92 Å². The highest BCUT2D eigenvalue weighted by Gasteiger charge is 2.50. The predicted octanol–water partition coefficient (Wildman–Crippen LogP) is 2.86. The van der Waals surface area contributed by atoms with Gasteiger partial charge in [-0.1, -0.05) is 27.4 Å². The highest BCUT2D eigenvalue weighted by Crippen LogP contribution is 2.19. The van der Waals surface area contributed by atoms with Crippen LogP contribution in [0.3, 0.4) is 0 Å². The van der Waals surface area contributed by atoms with Gasteiger partial charge < -0.3 is 18.0 Å². The largest absolute Gasteiger partial charge is 0.543 e. The smallest absolute Gasteiger partial charge is 0.455 e. The van der Waals surface area contributed by atoms with Crippen molar-refractivity contribution in [2.75, 3.05) is 19.8 Å². The SMILES string of the molecule is C=CC(=O)OC(C)[Si](OCCC)(OCCC)OCCC. The first kappa shape index (κ1) is 19.3. The van der Waals surface area contributed by atoms with E-state index < -0.39 is 20.5 Å². The van der Waals surface area contributed by atoms with Gasteiger partial charge in [0.1, 0.15) is 0 Å². The quantitative estimate of drug-likeness (QED) is 0.315. The minimum Gasteiger partial charge on any atom is -0.455 e. The van der Waals surface area contributed by atoms with E-state index in [1.807, 2.05) is 20.8 Å². The van der Waals surface area contributed by atoms with Crippen molar-refractivity contribution in [3.05, 3.63) is 12.7 Å². The summed E-state index contributed by atoms with van der Waals surface area (Å²) in [6.45, 7) is 12.8.